The van der Waals surface area contributed by atoms with Gasteiger partial charge < -0.3 is 17.8 Å². The van der Waals surface area contributed by atoms with Crippen molar-refractivity contribution in [2.45, 2.75) is 64.7 Å². The Labute approximate surface area is 134 Å². The highest BCUT2D eigenvalue weighted by Crippen LogP contribution is 2.25. The fraction of sp³-hybridized carbons (Fsp3) is 1.00. The molecule has 0 aliphatic carbocycles. The number of nitrogens with zero attached hydrogens (tertiary/aromatic N) is 1. The minimum Gasteiger partial charge on any atom is -0.377 e. The van der Waals surface area contributed by atoms with Crippen LogP contribution in [-0.4, -0.2) is 56.0 Å². The van der Waals surface area contributed by atoms with E-state index in [9.17, 15) is 0 Å². The van der Waals surface area contributed by atoms with Gasteiger partial charge in [0, 0.05) is 27.4 Å². The first-order chi connectivity index (χ1) is 10.0. The summed E-state index contributed by atoms with van der Waals surface area (Å²) in [5.74, 6) is 0. The molecule has 0 aromatic rings. The van der Waals surface area contributed by atoms with E-state index in [1.165, 1.54) is 37.6 Å². The third-order valence-electron chi connectivity index (χ3n) is 5.12. The lowest BCUT2D eigenvalue weighted by atomic mass is 10.3. The van der Waals surface area contributed by atoms with Crippen LogP contribution in [0.5, 0.6) is 0 Å². The van der Waals surface area contributed by atoms with Gasteiger partial charge in [0.2, 0.25) is 0 Å². The van der Waals surface area contributed by atoms with Crippen molar-refractivity contribution >= 4 is 17.0 Å². The molecular weight excluding hydrogens is 298 g/mol. The molecule has 0 bridgehead atoms. The lowest BCUT2D eigenvalue weighted by Crippen LogP contribution is -2.52. The normalized spacial score (nSPS) is 13.1. The van der Waals surface area contributed by atoms with E-state index in [1.807, 2.05) is 0 Å². The van der Waals surface area contributed by atoms with Gasteiger partial charge in [-0.05, 0) is 44.1 Å². The Morgan fingerprint density at radius 1 is 0.762 bits per heavy atom. The zero-order valence-corrected chi connectivity index (χ0v) is 17.3. The Bertz CT molecular complexity index is 243. The molecule has 4 nitrogen and oxygen atoms in total. The average molecular weight is 336 g/mol. The summed E-state index contributed by atoms with van der Waals surface area (Å²) in [6.45, 7) is 11.8. The first-order valence-electron chi connectivity index (χ1n) is 8.44. The maximum Gasteiger partial charge on any atom is 0.500 e. The highest BCUT2D eigenvalue weighted by atomic mass is 28.4. The van der Waals surface area contributed by atoms with E-state index in [-0.39, 0.29) is 0 Å². The van der Waals surface area contributed by atoms with E-state index < -0.39 is 17.0 Å². The quantitative estimate of drug-likeness (QED) is 0.376. The number of hydrogen-bond acceptors (Lipinski definition) is 4. The lowest BCUT2D eigenvalue weighted by molar-refractivity contribution is 0.122. The average Bonchev–Trinajstić information content (AvgIpc) is 2.55. The van der Waals surface area contributed by atoms with E-state index in [0.717, 1.165) is 12.5 Å². The van der Waals surface area contributed by atoms with E-state index >= 15 is 0 Å². The van der Waals surface area contributed by atoms with Crippen LogP contribution >= 0.6 is 0 Å². The fourth-order valence-corrected chi connectivity index (χ4v) is 9.29. The van der Waals surface area contributed by atoms with Gasteiger partial charge in [-0.2, -0.15) is 0 Å². The van der Waals surface area contributed by atoms with Crippen LogP contribution in [0.15, 0.2) is 0 Å². The Kier molecular flexibility index (Phi) is 11.1. The molecule has 0 aliphatic rings. The summed E-state index contributed by atoms with van der Waals surface area (Å²) in [5, 5.41) is 0. The molecule has 0 atom stereocenters. The molecule has 0 fully saturated rings. The SMILES string of the molecule is CCN(CCCC[Si](OC)(OC)OC)[Si](CC)(CC)CC. The van der Waals surface area contributed by atoms with Gasteiger partial charge in [-0.25, -0.2) is 0 Å². The van der Waals surface area contributed by atoms with E-state index in [2.05, 4.69) is 32.3 Å². The van der Waals surface area contributed by atoms with Gasteiger partial charge in [0.1, 0.15) is 8.24 Å². The standard InChI is InChI=1S/C15H37NO3Si2/c1-8-16(20(9-2,10-3)11-4)14-12-13-15-21(17-5,18-6)19-7/h8-15H2,1-7H3. The Hall–Kier alpha value is 0.274. The van der Waals surface area contributed by atoms with Crippen LogP contribution in [0.2, 0.25) is 24.2 Å². The van der Waals surface area contributed by atoms with Crippen LogP contribution in [-0.2, 0) is 13.3 Å². The van der Waals surface area contributed by atoms with Crippen LogP contribution in [0.3, 0.4) is 0 Å². The first kappa shape index (κ1) is 21.3. The molecule has 21 heavy (non-hydrogen) atoms. The number of hydrogen-bond donors (Lipinski definition) is 0. The van der Waals surface area contributed by atoms with Crippen molar-refractivity contribution in [3.63, 3.8) is 0 Å². The summed E-state index contributed by atoms with van der Waals surface area (Å²) in [7, 11) is 1.49. The second kappa shape index (κ2) is 10.9. The Morgan fingerprint density at radius 3 is 1.57 bits per heavy atom. The molecule has 0 aromatic carbocycles. The molecule has 0 N–H and O–H groups in total. The first-order valence-corrected chi connectivity index (χ1v) is 12.9. The fourth-order valence-electron chi connectivity index (χ4n) is 3.35. The van der Waals surface area contributed by atoms with Gasteiger partial charge in [-0.1, -0.05) is 27.7 Å². The highest BCUT2D eigenvalue weighted by Gasteiger charge is 2.37. The zero-order valence-electron chi connectivity index (χ0n) is 15.3. The van der Waals surface area contributed by atoms with E-state index in [0.29, 0.717) is 0 Å². The predicted octanol–water partition coefficient (Wildman–Crippen LogP) is 3.97. The van der Waals surface area contributed by atoms with Crippen molar-refractivity contribution in [3.05, 3.63) is 0 Å². The van der Waals surface area contributed by atoms with Gasteiger partial charge in [0.25, 0.3) is 0 Å². The molecule has 6 heteroatoms. The molecule has 0 aromatic heterocycles. The predicted molar refractivity (Wildman–Crippen MR) is 95.3 cm³/mol. The summed E-state index contributed by atoms with van der Waals surface area (Å²) >= 11 is 0. The highest BCUT2D eigenvalue weighted by molar-refractivity contribution is 6.77. The minimum absolute atomic E-state index is 0.910. The molecule has 0 radical (unpaired) electrons. The van der Waals surface area contributed by atoms with Crippen molar-refractivity contribution in [3.8, 4) is 0 Å². The monoisotopic (exact) mass is 335 g/mol. The smallest absolute Gasteiger partial charge is 0.377 e. The van der Waals surface area contributed by atoms with Crippen molar-refractivity contribution in [2.24, 2.45) is 0 Å². The van der Waals surface area contributed by atoms with E-state index in [1.54, 1.807) is 21.3 Å². The largest absolute Gasteiger partial charge is 0.500 e. The molecule has 0 saturated carbocycles. The van der Waals surface area contributed by atoms with Crippen molar-refractivity contribution in [1.82, 2.24) is 4.57 Å². The molecule has 128 valence electrons. The summed E-state index contributed by atoms with van der Waals surface area (Å²) in [6.07, 6.45) is 2.31. The van der Waals surface area contributed by atoms with Crippen LogP contribution < -0.4 is 0 Å². The van der Waals surface area contributed by atoms with Crippen molar-refractivity contribution in [2.75, 3.05) is 34.4 Å². The minimum atomic E-state index is -2.38. The maximum atomic E-state index is 5.49. The topological polar surface area (TPSA) is 30.9 Å². The van der Waals surface area contributed by atoms with Crippen LogP contribution in [0.1, 0.15) is 40.5 Å². The third kappa shape index (κ3) is 5.76. The van der Waals surface area contributed by atoms with Crippen molar-refractivity contribution < 1.29 is 13.3 Å². The molecule has 0 spiro atoms. The van der Waals surface area contributed by atoms with Gasteiger partial charge in [-0.15, -0.1) is 0 Å². The molecule has 0 saturated heterocycles. The van der Waals surface area contributed by atoms with Crippen molar-refractivity contribution in [1.29, 1.82) is 0 Å². The summed E-state index contributed by atoms with van der Waals surface area (Å²) in [5.41, 5.74) is 0. The van der Waals surface area contributed by atoms with Crippen LogP contribution in [0.25, 0.3) is 0 Å². The van der Waals surface area contributed by atoms with E-state index in [4.69, 9.17) is 13.3 Å². The lowest BCUT2D eigenvalue weighted by Gasteiger charge is -2.40. The second-order valence-corrected chi connectivity index (χ2v) is 13.9. The molecule has 0 aliphatic heterocycles. The zero-order chi connectivity index (χ0) is 16.4. The third-order valence-corrected chi connectivity index (χ3v) is 13.8. The molecule has 0 rings (SSSR count). The van der Waals surface area contributed by atoms with Gasteiger partial charge >= 0.3 is 8.80 Å². The second-order valence-electron chi connectivity index (χ2n) is 5.62. The van der Waals surface area contributed by atoms with Crippen LogP contribution in [0, 0.1) is 0 Å². The molecular formula is C15H37NO3Si2. The summed E-state index contributed by atoms with van der Waals surface area (Å²) in [4.78, 5) is 0. The molecule has 0 heterocycles. The molecule has 0 amide bonds. The Morgan fingerprint density at radius 2 is 1.24 bits per heavy atom. The summed E-state index contributed by atoms with van der Waals surface area (Å²) in [6, 6.07) is 5.00. The summed E-state index contributed by atoms with van der Waals surface area (Å²) < 4.78 is 19.3. The van der Waals surface area contributed by atoms with Gasteiger partial charge in [0.05, 0.1) is 0 Å². The number of unbranched alkanes of at least 4 members (excludes halogenated alkanes) is 1. The van der Waals surface area contributed by atoms with Gasteiger partial charge in [-0.3, -0.25) is 0 Å². The Balaban J connectivity index is 4.42. The van der Waals surface area contributed by atoms with Gasteiger partial charge in [0.15, 0.2) is 0 Å². The number of rotatable bonds is 13. The maximum absolute atomic E-state index is 5.49. The molecule has 0 unspecified atom stereocenters. The van der Waals surface area contributed by atoms with Crippen LogP contribution in [0.4, 0.5) is 0 Å².